The first-order chi connectivity index (χ1) is 17.8. The minimum absolute atomic E-state index is 1.24. The molecule has 7 rings (SSSR count). The van der Waals surface area contributed by atoms with Crippen molar-refractivity contribution < 1.29 is 0 Å². The fraction of sp³-hybridized carbons (Fsp3) is 0. The first kappa shape index (κ1) is 20.7. The average Bonchev–Trinajstić information content (AvgIpc) is 2.96. The Bertz CT molecular complexity index is 1890. The van der Waals surface area contributed by atoms with E-state index in [1.54, 1.807) is 0 Å². The molecule has 0 heterocycles. The highest BCUT2D eigenvalue weighted by atomic mass is 14.1. The second-order valence-corrected chi connectivity index (χ2v) is 9.45. The molecule has 0 spiro atoms. The highest BCUT2D eigenvalue weighted by Gasteiger charge is 2.07. The highest BCUT2D eigenvalue weighted by molar-refractivity contribution is 5.98. The zero-order valence-corrected chi connectivity index (χ0v) is 19.9. The zero-order chi connectivity index (χ0) is 23.9. The Morgan fingerprint density at radius 3 is 1.44 bits per heavy atom. The van der Waals surface area contributed by atoms with E-state index in [1.165, 1.54) is 65.7 Å². The van der Waals surface area contributed by atoms with Crippen LogP contribution >= 0.6 is 0 Å². The maximum absolute atomic E-state index is 2.31. The lowest BCUT2D eigenvalue weighted by molar-refractivity contribution is 1.61. The minimum Gasteiger partial charge on any atom is -0.0616 e. The molecule has 36 heavy (non-hydrogen) atoms. The van der Waals surface area contributed by atoms with Crippen molar-refractivity contribution in [1.29, 1.82) is 0 Å². The Morgan fingerprint density at radius 2 is 0.722 bits per heavy atom. The molecule has 0 saturated carbocycles. The zero-order valence-electron chi connectivity index (χ0n) is 19.9. The molecule has 0 aliphatic heterocycles. The molecule has 0 radical (unpaired) electrons. The summed E-state index contributed by atoms with van der Waals surface area (Å²) in [5, 5.41) is 7.63. The predicted molar refractivity (Wildman–Crippen MR) is 155 cm³/mol. The van der Waals surface area contributed by atoms with Crippen molar-refractivity contribution in [1.82, 2.24) is 0 Å². The van der Waals surface area contributed by atoms with Crippen LogP contribution in [0.15, 0.2) is 146 Å². The van der Waals surface area contributed by atoms with Crippen LogP contribution in [0.1, 0.15) is 0 Å². The second kappa shape index (κ2) is 8.52. The maximum Gasteiger partial charge on any atom is -0.0105 e. The second-order valence-electron chi connectivity index (χ2n) is 9.45. The number of rotatable bonds is 3. The van der Waals surface area contributed by atoms with E-state index in [9.17, 15) is 0 Å². The van der Waals surface area contributed by atoms with Crippen LogP contribution in [0.4, 0.5) is 0 Å². The fourth-order valence-electron chi connectivity index (χ4n) is 5.32. The first-order valence-corrected chi connectivity index (χ1v) is 12.4. The van der Waals surface area contributed by atoms with Gasteiger partial charge in [-0.25, -0.2) is 0 Å². The van der Waals surface area contributed by atoms with Crippen LogP contribution in [-0.2, 0) is 0 Å². The number of fused-ring (bicyclic) bond motifs is 3. The van der Waals surface area contributed by atoms with Gasteiger partial charge in [-0.05, 0) is 90.0 Å². The molecular weight excluding hydrogens is 432 g/mol. The highest BCUT2D eigenvalue weighted by Crippen LogP contribution is 2.34. The molecule has 0 fully saturated rings. The summed E-state index contributed by atoms with van der Waals surface area (Å²) in [6, 6.07) is 52.9. The summed E-state index contributed by atoms with van der Waals surface area (Å²) >= 11 is 0. The maximum atomic E-state index is 2.31. The molecule has 0 N–H and O–H groups in total. The number of hydrogen-bond donors (Lipinski definition) is 0. The van der Waals surface area contributed by atoms with E-state index in [4.69, 9.17) is 0 Å². The van der Waals surface area contributed by atoms with Gasteiger partial charge in [-0.15, -0.1) is 0 Å². The van der Waals surface area contributed by atoms with Gasteiger partial charge in [-0.2, -0.15) is 0 Å². The Labute approximate surface area is 211 Å². The SMILES string of the molecule is c1cc(-c2ccc3cc(-c4ccc5ccccc5c4)ccc3c2)cc(-c2cccc3ccccc23)c1. The quantitative estimate of drug-likeness (QED) is 0.248. The van der Waals surface area contributed by atoms with Crippen molar-refractivity contribution in [3.63, 3.8) is 0 Å². The van der Waals surface area contributed by atoms with Gasteiger partial charge in [0.25, 0.3) is 0 Å². The van der Waals surface area contributed by atoms with Gasteiger partial charge in [0.15, 0.2) is 0 Å². The van der Waals surface area contributed by atoms with Crippen molar-refractivity contribution in [2.45, 2.75) is 0 Å². The van der Waals surface area contributed by atoms with Crippen LogP contribution in [0.25, 0.3) is 65.7 Å². The smallest absolute Gasteiger partial charge is 0.0105 e. The number of hydrogen-bond acceptors (Lipinski definition) is 0. The summed E-state index contributed by atoms with van der Waals surface area (Å²) in [6.07, 6.45) is 0. The van der Waals surface area contributed by atoms with Gasteiger partial charge in [-0.1, -0.05) is 121 Å². The van der Waals surface area contributed by atoms with Crippen molar-refractivity contribution in [3.8, 4) is 33.4 Å². The van der Waals surface area contributed by atoms with E-state index >= 15 is 0 Å². The molecule has 0 aliphatic rings. The normalized spacial score (nSPS) is 11.3. The van der Waals surface area contributed by atoms with Crippen LogP contribution in [0.2, 0.25) is 0 Å². The molecule has 0 aliphatic carbocycles. The molecule has 168 valence electrons. The summed E-state index contributed by atoms with van der Waals surface area (Å²) in [5.74, 6) is 0. The summed E-state index contributed by atoms with van der Waals surface area (Å²) in [5.41, 5.74) is 7.50. The van der Waals surface area contributed by atoms with Crippen molar-refractivity contribution in [2.24, 2.45) is 0 Å². The minimum atomic E-state index is 1.24. The molecule has 0 aromatic heterocycles. The van der Waals surface area contributed by atoms with Crippen LogP contribution in [-0.4, -0.2) is 0 Å². The van der Waals surface area contributed by atoms with Crippen molar-refractivity contribution in [2.75, 3.05) is 0 Å². The van der Waals surface area contributed by atoms with Gasteiger partial charge in [0, 0.05) is 0 Å². The van der Waals surface area contributed by atoms with Gasteiger partial charge < -0.3 is 0 Å². The van der Waals surface area contributed by atoms with Crippen molar-refractivity contribution in [3.05, 3.63) is 146 Å². The Hall–Kier alpha value is -4.68. The Morgan fingerprint density at radius 1 is 0.250 bits per heavy atom. The predicted octanol–water partition coefficient (Wildman–Crippen LogP) is 10.1. The first-order valence-electron chi connectivity index (χ1n) is 12.4. The van der Waals surface area contributed by atoms with Gasteiger partial charge in [0.2, 0.25) is 0 Å². The molecule has 7 aromatic carbocycles. The van der Waals surface area contributed by atoms with Gasteiger partial charge in [0.1, 0.15) is 0 Å². The lowest BCUT2D eigenvalue weighted by Crippen LogP contribution is -1.85. The fourth-order valence-corrected chi connectivity index (χ4v) is 5.32. The lowest BCUT2D eigenvalue weighted by atomic mass is 9.94. The average molecular weight is 457 g/mol. The van der Waals surface area contributed by atoms with Gasteiger partial charge in [0.05, 0.1) is 0 Å². The number of benzene rings is 7. The standard InChI is InChI=1S/C36H24/c1-2-9-27-21-30(16-15-25(27)7-1)32-20-19-31-22-29(17-18-33(31)23-32)28-11-5-12-34(24-28)36-14-6-10-26-8-3-4-13-35(26)36/h1-24H. The summed E-state index contributed by atoms with van der Waals surface area (Å²) in [7, 11) is 0. The van der Waals surface area contributed by atoms with Crippen LogP contribution in [0.3, 0.4) is 0 Å². The van der Waals surface area contributed by atoms with Gasteiger partial charge >= 0.3 is 0 Å². The van der Waals surface area contributed by atoms with E-state index in [0.717, 1.165) is 0 Å². The summed E-state index contributed by atoms with van der Waals surface area (Å²) in [6.45, 7) is 0. The molecule has 0 bridgehead atoms. The van der Waals surface area contributed by atoms with E-state index in [-0.39, 0.29) is 0 Å². The molecule has 7 aromatic rings. The molecule has 0 unspecified atom stereocenters. The third-order valence-corrected chi connectivity index (χ3v) is 7.22. The molecule has 0 nitrogen and oxygen atoms in total. The molecule has 0 atom stereocenters. The molecule has 0 amide bonds. The third-order valence-electron chi connectivity index (χ3n) is 7.22. The summed E-state index contributed by atoms with van der Waals surface area (Å²) < 4.78 is 0. The van der Waals surface area contributed by atoms with E-state index in [2.05, 4.69) is 146 Å². The molecule has 0 heteroatoms. The summed E-state index contributed by atoms with van der Waals surface area (Å²) in [4.78, 5) is 0. The topological polar surface area (TPSA) is 0 Å². The third kappa shape index (κ3) is 3.65. The van der Waals surface area contributed by atoms with Crippen LogP contribution < -0.4 is 0 Å². The Balaban J connectivity index is 1.27. The van der Waals surface area contributed by atoms with Crippen LogP contribution in [0.5, 0.6) is 0 Å². The van der Waals surface area contributed by atoms with Gasteiger partial charge in [-0.3, -0.25) is 0 Å². The van der Waals surface area contributed by atoms with Crippen LogP contribution in [0, 0.1) is 0 Å². The van der Waals surface area contributed by atoms with E-state index < -0.39 is 0 Å². The Kier molecular flexibility index (Phi) is 4.89. The lowest BCUT2D eigenvalue weighted by Gasteiger charge is -2.11. The van der Waals surface area contributed by atoms with Crippen molar-refractivity contribution >= 4 is 32.3 Å². The largest absolute Gasteiger partial charge is 0.0616 e. The molecule has 0 saturated heterocycles. The van der Waals surface area contributed by atoms with E-state index in [0.29, 0.717) is 0 Å². The monoisotopic (exact) mass is 456 g/mol. The van der Waals surface area contributed by atoms with E-state index in [1.807, 2.05) is 0 Å². The molecular formula is C36H24.